The fraction of sp³-hybridized carbons (Fsp3) is 0.636. The third-order valence-electron chi connectivity index (χ3n) is 2.14. The van der Waals surface area contributed by atoms with Gasteiger partial charge in [-0.25, -0.2) is 0 Å². The van der Waals surface area contributed by atoms with E-state index in [1.807, 2.05) is 6.92 Å². The van der Waals surface area contributed by atoms with E-state index in [0.717, 1.165) is 25.9 Å². The maximum absolute atomic E-state index is 5.92. The number of hydrogen-bond acceptors (Lipinski definition) is 1. The van der Waals surface area contributed by atoms with Gasteiger partial charge >= 0.3 is 0 Å². The van der Waals surface area contributed by atoms with Gasteiger partial charge in [0.2, 0.25) is 0 Å². The number of nitrogens with one attached hydrogen (secondary N) is 1. The van der Waals surface area contributed by atoms with E-state index in [9.17, 15) is 0 Å². The highest BCUT2D eigenvalue weighted by Crippen LogP contribution is 2.16. The molecule has 1 rings (SSSR count). The van der Waals surface area contributed by atoms with E-state index in [4.69, 9.17) is 23.2 Å². The standard InChI is InChI=1S/C11H17Cl2N/c1-9(12)8-14-7-6-10-2-4-11(13)5-3-10/h2-4,9,11,14H,5-8H2,1H3. The largest absolute Gasteiger partial charge is 0.315 e. The van der Waals surface area contributed by atoms with Crippen LogP contribution in [0.25, 0.3) is 0 Å². The highest BCUT2D eigenvalue weighted by Gasteiger charge is 2.04. The molecular weight excluding hydrogens is 217 g/mol. The Bertz CT molecular complexity index is 221. The summed E-state index contributed by atoms with van der Waals surface area (Å²) in [6.45, 7) is 3.85. The second-order valence-corrected chi connectivity index (χ2v) is 4.93. The van der Waals surface area contributed by atoms with Crippen LogP contribution in [-0.2, 0) is 0 Å². The van der Waals surface area contributed by atoms with E-state index >= 15 is 0 Å². The van der Waals surface area contributed by atoms with E-state index in [-0.39, 0.29) is 10.8 Å². The number of allylic oxidation sites excluding steroid dienone is 3. The van der Waals surface area contributed by atoms with Crippen molar-refractivity contribution in [3.63, 3.8) is 0 Å². The summed E-state index contributed by atoms with van der Waals surface area (Å²) in [5.74, 6) is 0. The Morgan fingerprint density at radius 1 is 1.64 bits per heavy atom. The van der Waals surface area contributed by atoms with Gasteiger partial charge in [0.05, 0.1) is 5.38 Å². The van der Waals surface area contributed by atoms with E-state index in [1.165, 1.54) is 5.57 Å². The zero-order chi connectivity index (χ0) is 10.4. The molecule has 80 valence electrons. The maximum atomic E-state index is 5.92. The molecule has 14 heavy (non-hydrogen) atoms. The van der Waals surface area contributed by atoms with Gasteiger partial charge in [-0.3, -0.25) is 0 Å². The first kappa shape index (κ1) is 12.1. The summed E-state index contributed by atoms with van der Waals surface area (Å²) in [5, 5.41) is 3.70. The van der Waals surface area contributed by atoms with Crippen molar-refractivity contribution in [3.8, 4) is 0 Å². The lowest BCUT2D eigenvalue weighted by molar-refractivity contribution is 0.675. The molecule has 1 nitrogen and oxygen atoms in total. The van der Waals surface area contributed by atoms with Gasteiger partial charge in [0.25, 0.3) is 0 Å². The molecule has 0 fully saturated rings. The molecule has 0 aliphatic heterocycles. The average molecular weight is 234 g/mol. The Morgan fingerprint density at radius 2 is 2.43 bits per heavy atom. The number of rotatable bonds is 5. The maximum Gasteiger partial charge on any atom is 0.0553 e. The summed E-state index contributed by atoms with van der Waals surface area (Å²) < 4.78 is 0. The van der Waals surface area contributed by atoms with Crippen LogP contribution >= 0.6 is 23.2 Å². The SMILES string of the molecule is CC(Cl)CNCCC1=CCC(Cl)C=C1. The molecule has 0 heterocycles. The highest BCUT2D eigenvalue weighted by atomic mass is 35.5. The third-order valence-corrected chi connectivity index (χ3v) is 2.62. The fourth-order valence-electron chi connectivity index (χ4n) is 1.36. The van der Waals surface area contributed by atoms with Crippen molar-refractivity contribution in [1.82, 2.24) is 5.32 Å². The van der Waals surface area contributed by atoms with Gasteiger partial charge in [-0.15, -0.1) is 23.2 Å². The lowest BCUT2D eigenvalue weighted by Gasteiger charge is -2.11. The lowest BCUT2D eigenvalue weighted by Crippen LogP contribution is -2.22. The molecule has 2 unspecified atom stereocenters. The second kappa shape index (κ2) is 6.49. The molecule has 0 radical (unpaired) electrons. The summed E-state index contributed by atoms with van der Waals surface area (Å²) >= 11 is 11.7. The van der Waals surface area contributed by atoms with Crippen LogP contribution in [-0.4, -0.2) is 23.8 Å². The molecule has 0 bridgehead atoms. The van der Waals surface area contributed by atoms with E-state index in [0.29, 0.717) is 0 Å². The van der Waals surface area contributed by atoms with Gasteiger partial charge in [-0.05, 0) is 26.3 Å². The molecule has 0 saturated heterocycles. The Balaban J connectivity index is 2.11. The molecule has 0 saturated carbocycles. The normalized spacial score (nSPS) is 23.4. The van der Waals surface area contributed by atoms with Crippen molar-refractivity contribution in [2.45, 2.75) is 30.5 Å². The smallest absolute Gasteiger partial charge is 0.0553 e. The molecule has 1 aliphatic rings. The molecule has 0 spiro atoms. The Morgan fingerprint density at radius 3 is 3.00 bits per heavy atom. The van der Waals surface area contributed by atoms with Crippen molar-refractivity contribution >= 4 is 23.2 Å². The summed E-state index contributed by atoms with van der Waals surface area (Å²) in [5.41, 5.74) is 1.37. The number of hydrogen-bond donors (Lipinski definition) is 1. The van der Waals surface area contributed by atoms with Crippen LogP contribution in [0.15, 0.2) is 23.8 Å². The fourth-order valence-corrected chi connectivity index (χ4v) is 1.63. The van der Waals surface area contributed by atoms with E-state index in [1.54, 1.807) is 0 Å². The Hall–Kier alpha value is 0.0200. The number of alkyl halides is 2. The van der Waals surface area contributed by atoms with Gasteiger partial charge < -0.3 is 5.32 Å². The summed E-state index contributed by atoms with van der Waals surface area (Å²) in [6.07, 6.45) is 8.40. The summed E-state index contributed by atoms with van der Waals surface area (Å²) in [6, 6.07) is 0. The topological polar surface area (TPSA) is 12.0 Å². The van der Waals surface area contributed by atoms with Gasteiger partial charge in [0.1, 0.15) is 0 Å². The Kier molecular flexibility index (Phi) is 5.61. The van der Waals surface area contributed by atoms with Gasteiger partial charge in [-0.1, -0.05) is 23.8 Å². The molecule has 0 aromatic rings. The van der Waals surface area contributed by atoms with Crippen LogP contribution in [0.1, 0.15) is 19.8 Å². The zero-order valence-electron chi connectivity index (χ0n) is 8.47. The first-order valence-corrected chi connectivity index (χ1v) is 5.92. The minimum atomic E-state index is 0.189. The highest BCUT2D eigenvalue weighted by molar-refractivity contribution is 6.22. The third kappa shape index (κ3) is 5.04. The van der Waals surface area contributed by atoms with Crippen molar-refractivity contribution in [3.05, 3.63) is 23.8 Å². The first-order valence-electron chi connectivity index (χ1n) is 5.04. The molecule has 3 heteroatoms. The molecule has 1 N–H and O–H groups in total. The van der Waals surface area contributed by atoms with Crippen LogP contribution in [0.2, 0.25) is 0 Å². The molecule has 0 amide bonds. The average Bonchev–Trinajstić information content (AvgIpc) is 2.15. The van der Waals surface area contributed by atoms with E-state index in [2.05, 4.69) is 23.5 Å². The zero-order valence-corrected chi connectivity index (χ0v) is 9.98. The lowest BCUT2D eigenvalue weighted by atomic mass is 10.0. The van der Waals surface area contributed by atoms with Crippen LogP contribution < -0.4 is 5.32 Å². The predicted molar refractivity (Wildman–Crippen MR) is 64.3 cm³/mol. The molecule has 0 aromatic heterocycles. The monoisotopic (exact) mass is 233 g/mol. The second-order valence-electron chi connectivity index (χ2n) is 3.62. The minimum absolute atomic E-state index is 0.189. The minimum Gasteiger partial charge on any atom is -0.315 e. The van der Waals surface area contributed by atoms with Crippen LogP contribution in [0.5, 0.6) is 0 Å². The van der Waals surface area contributed by atoms with Crippen molar-refractivity contribution in [1.29, 1.82) is 0 Å². The summed E-state index contributed by atoms with van der Waals surface area (Å²) in [7, 11) is 0. The quantitative estimate of drug-likeness (QED) is 0.569. The van der Waals surface area contributed by atoms with Gasteiger partial charge in [0, 0.05) is 11.9 Å². The Labute approximate surface area is 96.2 Å². The molecule has 1 aliphatic carbocycles. The van der Waals surface area contributed by atoms with Crippen molar-refractivity contribution in [2.75, 3.05) is 13.1 Å². The number of halogens is 2. The van der Waals surface area contributed by atoms with Crippen LogP contribution in [0.3, 0.4) is 0 Å². The molecule has 0 aromatic carbocycles. The van der Waals surface area contributed by atoms with Gasteiger partial charge in [-0.2, -0.15) is 0 Å². The molecular formula is C11H17Cl2N. The van der Waals surface area contributed by atoms with Crippen LogP contribution in [0, 0.1) is 0 Å². The predicted octanol–water partition coefficient (Wildman–Crippen LogP) is 3.09. The van der Waals surface area contributed by atoms with E-state index < -0.39 is 0 Å². The van der Waals surface area contributed by atoms with Crippen LogP contribution in [0.4, 0.5) is 0 Å². The summed E-state index contributed by atoms with van der Waals surface area (Å²) in [4.78, 5) is 0. The first-order chi connectivity index (χ1) is 6.68. The van der Waals surface area contributed by atoms with Crippen molar-refractivity contribution < 1.29 is 0 Å². The molecule has 2 atom stereocenters. The van der Waals surface area contributed by atoms with Crippen molar-refractivity contribution in [2.24, 2.45) is 0 Å². The van der Waals surface area contributed by atoms with Gasteiger partial charge in [0.15, 0.2) is 0 Å².